The summed E-state index contributed by atoms with van der Waals surface area (Å²) in [6.07, 6.45) is 5.01. The Hall–Kier alpha value is -2.63. The summed E-state index contributed by atoms with van der Waals surface area (Å²) in [6, 6.07) is 7.56. The number of benzene rings is 1. The Bertz CT molecular complexity index is 771. The molecule has 4 rings (SSSR count). The molecule has 0 radical (unpaired) electrons. The van der Waals surface area contributed by atoms with Crippen molar-refractivity contribution in [2.75, 3.05) is 20.2 Å². The van der Waals surface area contributed by atoms with E-state index in [1.54, 1.807) is 11.9 Å². The van der Waals surface area contributed by atoms with Crippen LogP contribution in [0.25, 0.3) is 0 Å². The zero-order valence-corrected chi connectivity index (χ0v) is 15.6. The van der Waals surface area contributed by atoms with E-state index in [0.29, 0.717) is 13.2 Å². The second-order valence-corrected chi connectivity index (χ2v) is 7.59. The van der Waals surface area contributed by atoms with Gasteiger partial charge in [0.05, 0.1) is 18.4 Å². The van der Waals surface area contributed by atoms with E-state index in [-0.39, 0.29) is 47.9 Å². The van der Waals surface area contributed by atoms with Crippen molar-refractivity contribution in [1.29, 1.82) is 0 Å². The van der Waals surface area contributed by atoms with Gasteiger partial charge in [-0.3, -0.25) is 19.3 Å². The number of hydrogen-bond donors (Lipinski definition) is 0. The predicted octanol–water partition coefficient (Wildman–Crippen LogP) is 1.85. The van der Waals surface area contributed by atoms with E-state index in [1.807, 2.05) is 31.2 Å². The molecule has 2 aliphatic carbocycles. The lowest BCUT2D eigenvalue weighted by atomic mass is 9.85. The molecule has 2 bridgehead atoms. The van der Waals surface area contributed by atoms with Gasteiger partial charge in [-0.25, -0.2) is 0 Å². The molecule has 0 spiro atoms. The van der Waals surface area contributed by atoms with Crippen molar-refractivity contribution in [3.05, 3.63) is 42.0 Å². The molecular weight excluding hydrogens is 344 g/mol. The summed E-state index contributed by atoms with van der Waals surface area (Å²) in [7, 11) is 1.69. The summed E-state index contributed by atoms with van der Waals surface area (Å²) in [5.74, 6) is 0.0307. The van der Waals surface area contributed by atoms with Crippen LogP contribution < -0.4 is 4.74 Å². The van der Waals surface area contributed by atoms with Crippen LogP contribution in [0.2, 0.25) is 0 Å². The maximum Gasteiger partial charge on any atom is 0.242 e. The Morgan fingerprint density at radius 2 is 1.70 bits per heavy atom. The third kappa shape index (κ3) is 3.03. The molecule has 142 valence electrons. The number of amides is 3. The first kappa shape index (κ1) is 17.8. The van der Waals surface area contributed by atoms with Gasteiger partial charge in [0.15, 0.2) is 0 Å². The van der Waals surface area contributed by atoms with Crippen molar-refractivity contribution in [1.82, 2.24) is 9.80 Å². The third-order valence-corrected chi connectivity index (χ3v) is 5.93. The van der Waals surface area contributed by atoms with Crippen LogP contribution >= 0.6 is 0 Å². The Labute approximate surface area is 158 Å². The summed E-state index contributed by atoms with van der Waals surface area (Å²) in [4.78, 5) is 40.7. The number of ether oxygens (including phenoxy) is 1. The van der Waals surface area contributed by atoms with Gasteiger partial charge >= 0.3 is 0 Å². The first-order valence-corrected chi connectivity index (χ1v) is 9.49. The number of carbonyl (C=O) groups is 3. The lowest BCUT2D eigenvalue weighted by molar-refractivity contribution is -0.146. The fourth-order valence-corrected chi connectivity index (χ4v) is 4.60. The second kappa shape index (κ2) is 6.83. The molecule has 4 unspecified atom stereocenters. The van der Waals surface area contributed by atoms with Crippen LogP contribution in [0.1, 0.15) is 18.9 Å². The minimum absolute atomic E-state index is 0.165. The standard InChI is InChI=1S/C21H24N2O4/c1-3-27-16-8-4-13(5-9-16)11-22(2)17(24)12-23-20(25)18-14-6-7-15(10-14)19(18)21(23)26/h4-9,14-15,18-19H,3,10-12H2,1-2H3. The molecule has 1 aliphatic heterocycles. The predicted molar refractivity (Wildman–Crippen MR) is 98.5 cm³/mol. The zero-order valence-electron chi connectivity index (χ0n) is 15.6. The van der Waals surface area contributed by atoms with E-state index in [2.05, 4.69) is 12.2 Å². The number of likely N-dealkylation sites (tertiary alicyclic amines) is 1. The van der Waals surface area contributed by atoms with Crippen LogP contribution in [0.4, 0.5) is 0 Å². The third-order valence-electron chi connectivity index (χ3n) is 5.93. The molecule has 1 saturated carbocycles. The van der Waals surface area contributed by atoms with Gasteiger partial charge in [-0.1, -0.05) is 24.3 Å². The number of carbonyl (C=O) groups excluding carboxylic acids is 3. The van der Waals surface area contributed by atoms with Crippen LogP contribution in [0.15, 0.2) is 36.4 Å². The lowest BCUT2D eigenvalue weighted by Crippen LogP contribution is -2.42. The Balaban J connectivity index is 1.37. The lowest BCUT2D eigenvalue weighted by Gasteiger charge is -2.22. The molecule has 1 saturated heterocycles. The maximum atomic E-state index is 12.7. The van der Waals surface area contributed by atoms with E-state index in [4.69, 9.17) is 4.74 Å². The topological polar surface area (TPSA) is 66.9 Å². The molecule has 27 heavy (non-hydrogen) atoms. The molecule has 0 aromatic heterocycles. The van der Waals surface area contributed by atoms with Gasteiger partial charge in [-0.2, -0.15) is 0 Å². The first-order chi connectivity index (χ1) is 13.0. The first-order valence-electron chi connectivity index (χ1n) is 9.49. The minimum atomic E-state index is -0.253. The van der Waals surface area contributed by atoms with Crippen LogP contribution in [0.3, 0.4) is 0 Å². The van der Waals surface area contributed by atoms with Crippen molar-refractivity contribution >= 4 is 17.7 Å². The van der Waals surface area contributed by atoms with Crippen molar-refractivity contribution in [2.24, 2.45) is 23.7 Å². The smallest absolute Gasteiger partial charge is 0.242 e. The summed E-state index contributed by atoms with van der Waals surface area (Å²) in [6.45, 7) is 2.78. The van der Waals surface area contributed by atoms with E-state index < -0.39 is 0 Å². The number of rotatable bonds is 6. The summed E-state index contributed by atoms with van der Waals surface area (Å²) >= 11 is 0. The SMILES string of the molecule is CCOc1ccc(CN(C)C(=O)CN2C(=O)C3C4C=CC(C4)C3C2=O)cc1. The highest BCUT2D eigenvalue weighted by atomic mass is 16.5. The number of fused-ring (bicyclic) bond motifs is 5. The molecule has 6 heteroatoms. The fraction of sp³-hybridized carbons (Fsp3) is 0.476. The molecule has 3 amide bonds. The molecule has 4 atom stereocenters. The van der Waals surface area contributed by atoms with Crippen molar-refractivity contribution in [2.45, 2.75) is 19.9 Å². The van der Waals surface area contributed by atoms with Crippen molar-refractivity contribution in [3.63, 3.8) is 0 Å². The number of imide groups is 1. The minimum Gasteiger partial charge on any atom is -0.494 e. The number of hydrogen-bond acceptors (Lipinski definition) is 4. The second-order valence-electron chi connectivity index (χ2n) is 7.59. The number of allylic oxidation sites excluding steroid dienone is 2. The molecule has 2 fully saturated rings. The van der Waals surface area contributed by atoms with Gasteiger partial charge in [0, 0.05) is 13.6 Å². The monoisotopic (exact) mass is 368 g/mol. The molecule has 0 N–H and O–H groups in total. The van der Waals surface area contributed by atoms with E-state index in [9.17, 15) is 14.4 Å². The van der Waals surface area contributed by atoms with Gasteiger partial charge in [0.1, 0.15) is 12.3 Å². The van der Waals surface area contributed by atoms with Gasteiger partial charge < -0.3 is 9.64 Å². The van der Waals surface area contributed by atoms with Gasteiger partial charge in [-0.05, 0) is 42.9 Å². The Kier molecular flexibility index (Phi) is 4.50. The number of nitrogens with zero attached hydrogens (tertiary/aromatic N) is 2. The normalized spacial score (nSPS) is 28.0. The van der Waals surface area contributed by atoms with Crippen LogP contribution in [0, 0.1) is 23.7 Å². The van der Waals surface area contributed by atoms with E-state index in [1.165, 1.54) is 4.90 Å². The van der Waals surface area contributed by atoms with E-state index >= 15 is 0 Å². The molecule has 3 aliphatic rings. The van der Waals surface area contributed by atoms with Crippen LogP contribution in [-0.2, 0) is 20.9 Å². The van der Waals surface area contributed by atoms with Gasteiger partial charge in [0.25, 0.3) is 0 Å². The number of likely N-dealkylation sites (N-methyl/N-ethyl adjacent to an activating group) is 1. The van der Waals surface area contributed by atoms with Gasteiger partial charge in [-0.15, -0.1) is 0 Å². The molecular formula is C21H24N2O4. The Morgan fingerprint density at radius 1 is 1.11 bits per heavy atom. The Morgan fingerprint density at radius 3 is 2.26 bits per heavy atom. The molecule has 6 nitrogen and oxygen atoms in total. The largest absolute Gasteiger partial charge is 0.494 e. The van der Waals surface area contributed by atoms with E-state index in [0.717, 1.165) is 17.7 Å². The summed E-state index contributed by atoms with van der Waals surface area (Å²) < 4.78 is 5.42. The average Bonchev–Trinajstić information content (AvgIpc) is 3.33. The zero-order chi connectivity index (χ0) is 19.1. The maximum absolute atomic E-state index is 12.7. The molecule has 1 heterocycles. The highest BCUT2D eigenvalue weighted by Crippen LogP contribution is 2.52. The summed E-state index contributed by atoms with van der Waals surface area (Å²) in [5.41, 5.74) is 0.965. The quantitative estimate of drug-likeness (QED) is 0.568. The highest BCUT2D eigenvalue weighted by molar-refractivity contribution is 6.08. The average molecular weight is 368 g/mol. The molecule has 1 aromatic rings. The van der Waals surface area contributed by atoms with Crippen molar-refractivity contribution < 1.29 is 19.1 Å². The summed E-state index contributed by atoms with van der Waals surface area (Å²) in [5, 5.41) is 0. The van der Waals surface area contributed by atoms with Crippen molar-refractivity contribution in [3.8, 4) is 5.75 Å². The van der Waals surface area contributed by atoms with Crippen LogP contribution in [-0.4, -0.2) is 47.7 Å². The highest BCUT2D eigenvalue weighted by Gasteiger charge is 2.59. The fourth-order valence-electron chi connectivity index (χ4n) is 4.60. The van der Waals surface area contributed by atoms with Gasteiger partial charge in [0.2, 0.25) is 17.7 Å². The van der Waals surface area contributed by atoms with Crippen LogP contribution in [0.5, 0.6) is 5.75 Å². The molecule has 1 aromatic carbocycles.